The van der Waals surface area contributed by atoms with Gasteiger partial charge in [0.25, 0.3) is 0 Å². The molecule has 0 aliphatic rings. The lowest BCUT2D eigenvalue weighted by Gasteiger charge is -2.31. The molecule has 0 aromatic heterocycles. The third-order valence-electron chi connectivity index (χ3n) is 8.23. The molecular weight excluding hydrogens is 659 g/mol. The Labute approximate surface area is 317 Å². The van der Waals surface area contributed by atoms with Gasteiger partial charge >= 0.3 is 0 Å². The minimum atomic E-state index is -0.216. The lowest BCUT2D eigenvalue weighted by Crippen LogP contribution is -2.42. The predicted molar refractivity (Wildman–Crippen MR) is 222 cm³/mol. The first-order chi connectivity index (χ1) is 24.6. The monoisotopic (exact) mass is 728 g/mol. The van der Waals surface area contributed by atoms with Gasteiger partial charge in [0.2, 0.25) is 11.8 Å². The Bertz CT molecular complexity index is 1040. The van der Waals surface area contributed by atoms with Gasteiger partial charge in [0.15, 0.2) is 0 Å². The Balaban J connectivity index is 4.19. The lowest BCUT2D eigenvalue weighted by atomic mass is 10.0. The van der Waals surface area contributed by atoms with Gasteiger partial charge in [-0.05, 0) is 116 Å². The molecule has 4 nitrogen and oxygen atoms in total. The van der Waals surface area contributed by atoms with Crippen LogP contribution in [0.25, 0.3) is 0 Å². The van der Waals surface area contributed by atoms with E-state index in [2.05, 4.69) is 104 Å². The van der Waals surface area contributed by atoms with Gasteiger partial charge in [0.1, 0.15) is 5.88 Å². The number of halogens is 2. The predicted octanol–water partition coefficient (Wildman–Crippen LogP) is 12.8. The van der Waals surface area contributed by atoms with Crippen LogP contribution in [0.1, 0.15) is 142 Å². The van der Waals surface area contributed by atoms with Gasteiger partial charge in [0.05, 0.1) is 0 Å². The summed E-state index contributed by atoms with van der Waals surface area (Å²) in [5.41, 5.74) is 5.15. The first-order valence-corrected chi connectivity index (χ1v) is 20.5. The largest absolute Gasteiger partial charge is 0.370 e. The summed E-state index contributed by atoms with van der Waals surface area (Å²) in [6.45, 7) is 2.98. The van der Waals surface area contributed by atoms with Gasteiger partial charge in [-0.3, -0.25) is 9.59 Å². The van der Waals surface area contributed by atoms with E-state index in [9.17, 15) is 9.59 Å². The Kier molecular flexibility index (Phi) is 37.2. The number of nitrogens with two attached hydrogens (primary N) is 1. The average Bonchev–Trinajstić information content (AvgIpc) is 3.11. The molecule has 6 heteroatoms. The molecule has 0 fully saturated rings. The fraction of sp³-hybridized carbons (Fsp3) is 0.591. The number of allylic oxidation sites excluding steroid dienone is 16. The second kappa shape index (κ2) is 39.2. The van der Waals surface area contributed by atoms with Crippen molar-refractivity contribution in [3.8, 4) is 0 Å². The molecule has 0 spiro atoms. The maximum Gasteiger partial charge on any atom is 0.237 e. The molecule has 1 unspecified atom stereocenters. The highest BCUT2D eigenvalue weighted by Crippen LogP contribution is 2.17. The van der Waals surface area contributed by atoms with Crippen LogP contribution >= 0.6 is 23.2 Å². The van der Waals surface area contributed by atoms with Crippen LogP contribution in [0, 0.1) is 0 Å². The summed E-state index contributed by atoms with van der Waals surface area (Å²) in [5.74, 6) is 0.366. The molecule has 50 heavy (non-hydrogen) atoms. The third kappa shape index (κ3) is 33.9. The Morgan fingerprint density at radius 1 is 0.540 bits per heavy atom. The second-order valence-corrected chi connectivity index (χ2v) is 13.3. The Hall–Kier alpha value is -2.56. The summed E-state index contributed by atoms with van der Waals surface area (Å²) in [5, 5.41) is 0. The molecule has 0 aliphatic carbocycles. The van der Waals surface area contributed by atoms with Crippen molar-refractivity contribution in [2.75, 3.05) is 18.3 Å². The summed E-state index contributed by atoms with van der Waals surface area (Å²) >= 11 is 12.2. The number of carbonyl (C=O) groups is 2. The normalized spacial score (nSPS) is 13.3. The summed E-state index contributed by atoms with van der Waals surface area (Å²) in [6.07, 6.45) is 56.7. The number of alkyl halides is 2. The number of carbonyl (C=O) groups excluding carboxylic acids is 2. The van der Waals surface area contributed by atoms with Crippen molar-refractivity contribution < 1.29 is 9.59 Å². The molecular formula is C44H70Cl2N2O2. The van der Waals surface area contributed by atoms with E-state index in [4.69, 9.17) is 28.9 Å². The summed E-state index contributed by atoms with van der Waals surface area (Å²) in [4.78, 5) is 25.4. The van der Waals surface area contributed by atoms with Crippen LogP contribution in [-0.2, 0) is 9.59 Å². The molecule has 2 N–H and O–H groups in total. The van der Waals surface area contributed by atoms with E-state index in [0.717, 1.165) is 109 Å². The van der Waals surface area contributed by atoms with Crippen molar-refractivity contribution in [2.45, 2.75) is 148 Å². The number of primary amides is 1. The van der Waals surface area contributed by atoms with Crippen LogP contribution in [0.5, 0.6) is 0 Å². The second-order valence-electron chi connectivity index (χ2n) is 12.7. The molecule has 0 saturated carbocycles. The molecule has 2 amide bonds. The smallest absolute Gasteiger partial charge is 0.237 e. The molecule has 282 valence electrons. The summed E-state index contributed by atoms with van der Waals surface area (Å²) in [7, 11) is 0. The molecule has 0 saturated heterocycles. The summed E-state index contributed by atoms with van der Waals surface area (Å²) < 4.78 is 0. The first-order valence-electron chi connectivity index (χ1n) is 19.5. The van der Waals surface area contributed by atoms with Crippen LogP contribution in [0.2, 0.25) is 0 Å². The zero-order chi connectivity index (χ0) is 36.6. The molecule has 1 atom stereocenters. The third-order valence-corrected chi connectivity index (χ3v) is 8.68. The van der Waals surface area contributed by atoms with Gasteiger partial charge in [-0.1, -0.05) is 117 Å². The van der Waals surface area contributed by atoms with Gasteiger partial charge < -0.3 is 10.6 Å². The standard InChI is InChI=1S/C44H70Cl2N2O2/c1-2-3-4-5-6-7-8-9-10-11-14-17-20-23-26-29-32-35-40-48(44(50)41-46)42(38-39-45)36-33-30-27-24-21-18-15-12-13-16-19-22-25-28-31-34-37-43(47)49/h6-7,9-10,13-18,22-27,42H,2-5,8,11-12,19-21,28-41H2,1H3,(H2,47,49). The number of hydrogen-bond acceptors (Lipinski definition) is 2. The van der Waals surface area contributed by atoms with Crippen molar-refractivity contribution in [3.63, 3.8) is 0 Å². The fourth-order valence-electron chi connectivity index (χ4n) is 5.36. The van der Waals surface area contributed by atoms with Crippen molar-refractivity contribution in [1.82, 2.24) is 4.90 Å². The number of nitrogens with zero attached hydrogens (tertiary/aromatic N) is 1. The highest BCUT2D eigenvalue weighted by Gasteiger charge is 2.21. The topological polar surface area (TPSA) is 63.4 Å². The fourth-order valence-corrected chi connectivity index (χ4v) is 5.76. The SMILES string of the molecule is CCCCCC=CCC=CCC=CCC=CCCCCN(C(=O)CCl)C(CCCl)CCCC=CCC=CCC=CCC=CCCCCC(N)=O. The highest BCUT2D eigenvalue weighted by molar-refractivity contribution is 6.27. The number of unbranched alkanes of at least 4 members (excludes halogenated alkanes) is 8. The van der Waals surface area contributed by atoms with Crippen molar-refractivity contribution >= 4 is 35.0 Å². The van der Waals surface area contributed by atoms with Gasteiger partial charge in [0, 0.05) is 24.9 Å². The van der Waals surface area contributed by atoms with E-state index in [1.54, 1.807) is 0 Å². The van der Waals surface area contributed by atoms with Crippen LogP contribution in [0.15, 0.2) is 97.2 Å². The number of amides is 2. The molecule has 0 aliphatic heterocycles. The molecule has 0 aromatic rings. The van der Waals surface area contributed by atoms with E-state index >= 15 is 0 Å². The van der Waals surface area contributed by atoms with E-state index in [1.165, 1.54) is 25.7 Å². The lowest BCUT2D eigenvalue weighted by molar-refractivity contribution is -0.131. The van der Waals surface area contributed by atoms with Crippen molar-refractivity contribution in [3.05, 3.63) is 97.2 Å². The van der Waals surface area contributed by atoms with Crippen LogP contribution in [0.4, 0.5) is 0 Å². The van der Waals surface area contributed by atoms with Crippen LogP contribution in [0.3, 0.4) is 0 Å². The van der Waals surface area contributed by atoms with Crippen molar-refractivity contribution in [2.24, 2.45) is 5.73 Å². The zero-order valence-electron chi connectivity index (χ0n) is 31.4. The number of hydrogen-bond donors (Lipinski definition) is 1. The van der Waals surface area contributed by atoms with E-state index in [1.807, 2.05) is 4.90 Å². The molecule has 0 rings (SSSR count). The van der Waals surface area contributed by atoms with E-state index < -0.39 is 0 Å². The molecule has 0 aromatic carbocycles. The minimum Gasteiger partial charge on any atom is -0.370 e. The Morgan fingerprint density at radius 3 is 1.34 bits per heavy atom. The van der Waals surface area contributed by atoms with Crippen molar-refractivity contribution in [1.29, 1.82) is 0 Å². The van der Waals surface area contributed by atoms with Gasteiger partial charge in [-0.2, -0.15) is 0 Å². The maximum absolute atomic E-state index is 12.7. The van der Waals surface area contributed by atoms with Gasteiger partial charge in [-0.25, -0.2) is 0 Å². The molecule has 0 heterocycles. The number of rotatable bonds is 34. The molecule has 0 bridgehead atoms. The highest BCUT2D eigenvalue weighted by atomic mass is 35.5. The quantitative estimate of drug-likeness (QED) is 0.0407. The van der Waals surface area contributed by atoms with Crippen LogP contribution < -0.4 is 5.73 Å². The van der Waals surface area contributed by atoms with Crippen LogP contribution in [-0.4, -0.2) is 41.1 Å². The Morgan fingerprint density at radius 2 is 0.940 bits per heavy atom. The molecule has 0 radical (unpaired) electrons. The first kappa shape index (κ1) is 47.4. The van der Waals surface area contributed by atoms with Gasteiger partial charge in [-0.15, -0.1) is 23.2 Å². The minimum absolute atomic E-state index is 0.0160. The average molecular weight is 730 g/mol. The maximum atomic E-state index is 12.7. The van der Waals surface area contributed by atoms with E-state index in [-0.39, 0.29) is 23.7 Å². The van der Waals surface area contributed by atoms with E-state index in [0.29, 0.717) is 12.3 Å². The zero-order valence-corrected chi connectivity index (χ0v) is 32.9. The summed E-state index contributed by atoms with van der Waals surface area (Å²) in [6, 6.07) is 0.145.